The summed E-state index contributed by atoms with van der Waals surface area (Å²) in [7, 11) is 0. The van der Waals surface area contributed by atoms with Gasteiger partial charge < -0.3 is 5.11 Å². The summed E-state index contributed by atoms with van der Waals surface area (Å²) in [6, 6.07) is 0. The standard InChI is InChI=1S/C8H16O2.Mg.2H/c1-3-5-7(6-4-2)8(9)10;;;/h7H,3-6H2,1-2H3,(H,9,10);;;. The van der Waals surface area contributed by atoms with Gasteiger partial charge in [-0.05, 0) is 12.8 Å². The van der Waals surface area contributed by atoms with E-state index in [0.29, 0.717) is 0 Å². The molecule has 0 rings (SSSR count). The Balaban J connectivity index is 0. The highest BCUT2D eigenvalue weighted by Crippen LogP contribution is 2.12. The Kier molecular flexibility index (Phi) is 10.5. The first kappa shape index (κ1) is 13.8. The van der Waals surface area contributed by atoms with Gasteiger partial charge in [0.1, 0.15) is 0 Å². The molecule has 0 saturated carbocycles. The van der Waals surface area contributed by atoms with E-state index in [-0.39, 0.29) is 29.0 Å². The molecule has 0 unspecified atom stereocenters. The van der Waals surface area contributed by atoms with Crippen molar-refractivity contribution in [1.82, 2.24) is 0 Å². The van der Waals surface area contributed by atoms with Crippen molar-refractivity contribution in [3.05, 3.63) is 0 Å². The second kappa shape index (κ2) is 8.33. The van der Waals surface area contributed by atoms with E-state index in [2.05, 4.69) is 0 Å². The molecule has 0 aromatic heterocycles. The van der Waals surface area contributed by atoms with E-state index >= 15 is 0 Å². The number of rotatable bonds is 5. The van der Waals surface area contributed by atoms with Crippen molar-refractivity contribution in [2.45, 2.75) is 39.5 Å². The quantitative estimate of drug-likeness (QED) is 0.633. The third-order valence-corrected chi connectivity index (χ3v) is 1.62. The number of carboxylic acid groups (broad SMARTS) is 1. The van der Waals surface area contributed by atoms with Crippen molar-refractivity contribution in [3.63, 3.8) is 0 Å². The van der Waals surface area contributed by atoms with Crippen LogP contribution in [0, 0.1) is 5.92 Å². The summed E-state index contributed by atoms with van der Waals surface area (Å²) in [5, 5.41) is 8.64. The predicted molar refractivity (Wildman–Crippen MR) is 49.5 cm³/mol. The fourth-order valence-electron chi connectivity index (χ4n) is 1.09. The molecule has 0 radical (unpaired) electrons. The van der Waals surface area contributed by atoms with Crippen LogP contribution in [0.1, 0.15) is 39.5 Å². The Labute approximate surface area is 84.5 Å². The number of carbonyl (C=O) groups is 1. The van der Waals surface area contributed by atoms with E-state index in [9.17, 15) is 4.79 Å². The minimum absolute atomic E-state index is 0. The van der Waals surface area contributed by atoms with Crippen LogP contribution in [0.25, 0.3) is 0 Å². The molecule has 0 fully saturated rings. The zero-order chi connectivity index (χ0) is 7.98. The lowest BCUT2D eigenvalue weighted by atomic mass is 9.99. The Morgan fingerprint density at radius 1 is 1.27 bits per heavy atom. The third-order valence-electron chi connectivity index (χ3n) is 1.62. The van der Waals surface area contributed by atoms with Crippen LogP contribution in [-0.4, -0.2) is 34.1 Å². The van der Waals surface area contributed by atoms with Gasteiger partial charge in [0.15, 0.2) is 0 Å². The van der Waals surface area contributed by atoms with Gasteiger partial charge in [-0.15, -0.1) is 0 Å². The number of hydrogen-bond acceptors (Lipinski definition) is 1. The lowest BCUT2D eigenvalue weighted by Crippen LogP contribution is -2.12. The maximum atomic E-state index is 10.5. The van der Waals surface area contributed by atoms with E-state index in [1.165, 1.54) is 0 Å². The number of carboxylic acids is 1. The van der Waals surface area contributed by atoms with Crippen LogP contribution in [0.4, 0.5) is 0 Å². The average molecular weight is 171 g/mol. The predicted octanol–water partition coefficient (Wildman–Crippen LogP) is 1.37. The van der Waals surface area contributed by atoms with Crippen LogP contribution in [0.15, 0.2) is 0 Å². The maximum absolute atomic E-state index is 10.5. The first-order chi connectivity index (χ1) is 4.72. The van der Waals surface area contributed by atoms with Crippen molar-refractivity contribution in [3.8, 4) is 0 Å². The highest BCUT2D eigenvalue weighted by atomic mass is 24.3. The van der Waals surface area contributed by atoms with Crippen molar-refractivity contribution in [1.29, 1.82) is 0 Å². The fourth-order valence-corrected chi connectivity index (χ4v) is 1.09. The van der Waals surface area contributed by atoms with Gasteiger partial charge in [0, 0.05) is 0 Å². The molecule has 0 aliphatic rings. The molecule has 2 nitrogen and oxygen atoms in total. The molecule has 0 aromatic rings. The summed E-state index contributed by atoms with van der Waals surface area (Å²) in [5.41, 5.74) is 0. The molecule has 0 aliphatic heterocycles. The van der Waals surface area contributed by atoms with E-state index in [0.717, 1.165) is 25.7 Å². The molecule has 11 heavy (non-hydrogen) atoms. The molecular formula is C8H18MgO2. The number of hydrogen-bond donors (Lipinski definition) is 1. The molecule has 0 saturated heterocycles. The summed E-state index contributed by atoms with van der Waals surface area (Å²) >= 11 is 0. The Morgan fingerprint density at radius 3 is 1.82 bits per heavy atom. The smallest absolute Gasteiger partial charge is 0.316 e. The van der Waals surface area contributed by atoms with E-state index < -0.39 is 5.97 Å². The molecule has 64 valence electrons. The maximum Gasteiger partial charge on any atom is 0.316 e. The lowest BCUT2D eigenvalue weighted by molar-refractivity contribution is -0.142. The normalized spacial score (nSPS) is 9.36. The van der Waals surface area contributed by atoms with E-state index in [1.54, 1.807) is 0 Å². The van der Waals surface area contributed by atoms with Gasteiger partial charge in [0.05, 0.1) is 5.92 Å². The fraction of sp³-hybridized carbons (Fsp3) is 0.875. The Bertz CT molecular complexity index is 98.3. The first-order valence-corrected chi connectivity index (χ1v) is 3.95. The zero-order valence-corrected chi connectivity index (χ0v) is 6.76. The molecule has 0 atom stereocenters. The van der Waals surface area contributed by atoms with Crippen molar-refractivity contribution in [2.75, 3.05) is 0 Å². The van der Waals surface area contributed by atoms with Gasteiger partial charge in [0.2, 0.25) is 0 Å². The molecule has 1 N–H and O–H groups in total. The van der Waals surface area contributed by atoms with Crippen molar-refractivity contribution in [2.24, 2.45) is 5.92 Å². The van der Waals surface area contributed by atoms with Gasteiger partial charge in [-0.1, -0.05) is 26.7 Å². The van der Waals surface area contributed by atoms with Gasteiger partial charge >= 0.3 is 29.0 Å². The second-order valence-electron chi connectivity index (χ2n) is 2.61. The number of aliphatic carboxylic acids is 1. The Morgan fingerprint density at radius 2 is 1.64 bits per heavy atom. The topological polar surface area (TPSA) is 37.3 Å². The average Bonchev–Trinajstić information content (AvgIpc) is 1.87. The highest BCUT2D eigenvalue weighted by Gasteiger charge is 2.13. The molecule has 0 aromatic carbocycles. The largest absolute Gasteiger partial charge is 0.481 e. The van der Waals surface area contributed by atoms with Gasteiger partial charge in [-0.2, -0.15) is 0 Å². The van der Waals surface area contributed by atoms with Gasteiger partial charge in [-0.3, -0.25) is 4.79 Å². The van der Waals surface area contributed by atoms with Crippen molar-refractivity contribution >= 4 is 29.0 Å². The molecule has 0 amide bonds. The van der Waals surface area contributed by atoms with Crippen LogP contribution < -0.4 is 0 Å². The van der Waals surface area contributed by atoms with Gasteiger partial charge in [-0.25, -0.2) is 0 Å². The van der Waals surface area contributed by atoms with Crippen molar-refractivity contribution < 1.29 is 9.90 Å². The summed E-state index contributed by atoms with van der Waals surface area (Å²) in [6.07, 6.45) is 3.58. The summed E-state index contributed by atoms with van der Waals surface area (Å²) in [4.78, 5) is 10.5. The zero-order valence-electron chi connectivity index (χ0n) is 6.76. The molecule has 0 bridgehead atoms. The summed E-state index contributed by atoms with van der Waals surface area (Å²) in [6.45, 7) is 4.04. The molecular weight excluding hydrogens is 152 g/mol. The monoisotopic (exact) mass is 170 g/mol. The second-order valence-corrected chi connectivity index (χ2v) is 2.61. The lowest BCUT2D eigenvalue weighted by Gasteiger charge is -2.07. The van der Waals surface area contributed by atoms with Gasteiger partial charge in [0.25, 0.3) is 0 Å². The van der Waals surface area contributed by atoms with E-state index in [1.807, 2.05) is 13.8 Å². The van der Waals surface area contributed by atoms with E-state index in [4.69, 9.17) is 5.11 Å². The molecule has 0 heterocycles. The van der Waals surface area contributed by atoms with Crippen LogP contribution >= 0.6 is 0 Å². The minimum atomic E-state index is -0.635. The molecule has 3 heteroatoms. The Hall–Kier alpha value is 0.236. The van der Waals surface area contributed by atoms with Crippen LogP contribution in [0.2, 0.25) is 0 Å². The summed E-state index contributed by atoms with van der Waals surface area (Å²) < 4.78 is 0. The molecule has 0 aliphatic carbocycles. The highest BCUT2D eigenvalue weighted by molar-refractivity contribution is 5.75. The molecule has 0 spiro atoms. The van der Waals surface area contributed by atoms with Crippen LogP contribution in [0.5, 0.6) is 0 Å². The minimum Gasteiger partial charge on any atom is -0.481 e. The first-order valence-electron chi connectivity index (χ1n) is 3.95. The third kappa shape index (κ3) is 6.63. The summed E-state index contributed by atoms with van der Waals surface area (Å²) in [5.74, 6) is -0.737. The van der Waals surface area contributed by atoms with Crippen LogP contribution in [0.3, 0.4) is 0 Å². The van der Waals surface area contributed by atoms with Crippen LogP contribution in [-0.2, 0) is 4.79 Å². The SMILES string of the molecule is CCCC(CCC)C(=O)O.[MgH2].